The fourth-order valence-corrected chi connectivity index (χ4v) is 11.8. The van der Waals surface area contributed by atoms with Crippen molar-refractivity contribution in [1.29, 1.82) is 5.26 Å². The van der Waals surface area contributed by atoms with Gasteiger partial charge in [-0.3, -0.25) is 28.7 Å². The summed E-state index contributed by atoms with van der Waals surface area (Å²) in [5.74, 6) is -0.762. The van der Waals surface area contributed by atoms with Gasteiger partial charge in [0.2, 0.25) is 23.6 Å². The first-order chi connectivity index (χ1) is 42.4. The molecule has 23 nitrogen and oxygen atoms in total. The molecule has 4 aliphatic rings. The lowest BCUT2D eigenvalue weighted by atomic mass is 9.83. The number of aromatic nitrogens is 4. The summed E-state index contributed by atoms with van der Waals surface area (Å²) < 4.78 is 45.0. The zero-order valence-corrected chi connectivity index (χ0v) is 51.2. The molecule has 2 aromatic heterocycles. The van der Waals surface area contributed by atoms with E-state index in [0.717, 1.165) is 42.4 Å². The van der Waals surface area contributed by atoms with Gasteiger partial charge in [0.1, 0.15) is 42.0 Å². The Labute approximate surface area is 513 Å². The number of ether oxygens (including phenoxy) is 5. The van der Waals surface area contributed by atoms with Gasteiger partial charge in [0, 0.05) is 45.1 Å². The van der Waals surface area contributed by atoms with Gasteiger partial charge in [-0.1, -0.05) is 51.1 Å². The van der Waals surface area contributed by atoms with Crippen molar-refractivity contribution in [2.45, 2.75) is 122 Å². The molecule has 24 heteroatoms. The number of amides is 5. The van der Waals surface area contributed by atoms with Gasteiger partial charge in [-0.15, -0.1) is 0 Å². The molecule has 5 amide bonds. The van der Waals surface area contributed by atoms with Crippen molar-refractivity contribution in [3.05, 3.63) is 117 Å². The fraction of sp³-hybridized carbons (Fsp3) is 0.516. The third kappa shape index (κ3) is 15.6. The van der Waals surface area contributed by atoms with Crippen LogP contribution in [-0.2, 0) is 70.6 Å². The first-order valence-electron chi connectivity index (χ1n) is 30.4. The summed E-state index contributed by atoms with van der Waals surface area (Å²) in [6, 6.07) is 17.5. The molecule has 1 aliphatic carbocycles. The highest BCUT2D eigenvalue weighted by molar-refractivity contribution is 5.96. The third-order valence-electron chi connectivity index (χ3n) is 16.6. The highest BCUT2D eigenvalue weighted by Gasteiger charge is 2.43. The molecule has 0 spiro atoms. The van der Waals surface area contributed by atoms with Crippen LogP contribution in [-0.4, -0.2) is 164 Å². The summed E-state index contributed by atoms with van der Waals surface area (Å²) in [7, 11) is 3.32. The minimum Gasteiger partial charge on any atom is -0.491 e. The number of hydrogen-bond donors (Lipinski definition) is 5. The van der Waals surface area contributed by atoms with Crippen molar-refractivity contribution in [3.63, 3.8) is 0 Å². The Bertz CT molecular complexity index is 3350. The summed E-state index contributed by atoms with van der Waals surface area (Å²) >= 11 is 0. The lowest BCUT2D eigenvalue weighted by molar-refractivity contribution is -0.147. The van der Waals surface area contributed by atoms with E-state index in [4.69, 9.17) is 39.5 Å². The monoisotopic (exact) mass is 1210 g/mol. The van der Waals surface area contributed by atoms with E-state index in [1.807, 2.05) is 56.0 Å². The van der Waals surface area contributed by atoms with Crippen LogP contribution >= 0.6 is 0 Å². The number of benzene rings is 3. The minimum atomic E-state index is -0.896. The van der Waals surface area contributed by atoms with Crippen molar-refractivity contribution < 1.29 is 52.0 Å². The van der Waals surface area contributed by atoms with E-state index >= 15 is 0 Å². The molecule has 3 aliphatic heterocycles. The average molecular weight is 1210 g/mol. The molecular weight excluding hydrogens is 1130 g/mol. The van der Waals surface area contributed by atoms with E-state index in [-0.39, 0.29) is 106 Å². The highest BCUT2D eigenvalue weighted by atomic mass is 19.1. The van der Waals surface area contributed by atoms with Crippen LogP contribution in [0, 0.1) is 22.6 Å². The number of carbonyl (C=O) groups excluding carboxylic acids is 5. The van der Waals surface area contributed by atoms with E-state index in [9.17, 15) is 33.6 Å². The highest BCUT2D eigenvalue weighted by Crippen LogP contribution is 2.41. The number of fused-ring (bicyclic) bond motifs is 10. The maximum absolute atomic E-state index is 14.7. The zero-order valence-electron chi connectivity index (χ0n) is 51.2. The van der Waals surface area contributed by atoms with Gasteiger partial charge in [-0.25, -0.2) is 14.4 Å². The normalized spacial score (nSPS) is 17.8. The van der Waals surface area contributed by atoms with Crippen LogP contribution in [0.25, 0.3) is 11.3 Å². The lowest BCUT2D eigenvalue weighted by Crippen LogP contribution is -2.62. The van der Waals surface area contributed by atoms with Crippen molar-refractivity contribution in [3.8, 4) is 23.1 Å². The molecule has 5 aromatic rings. The number of nitrogens with zero attached hydrogens (tertiary/aromatic N) is 8. The summed E-state index contributed by atoms with van der Waals surface area (Å²) in [6.07, 6.45) is 5.99. The molecule has 0 unspecified atom stereocenters. The molecule has 9 rings (SSSR count). The predicted molar refractivity (Wildman–Crippen MR) is 325 cm³/mol. The molecule has 5 atom stereocenters. The van der Waals surface area contributed by atoms with Crippen molar-refractivity contribution >= 4 is 41.2 Å². The zero-order chi connectivity index (χ0) is 62.5. The number of halogens is 1. The second kappa shape index (κ2) is 29.7. The summed E-state index contributed by atoms with van der Waals surface area (Å²) in [5.41, 5.74) is 12.1. The molecule has 470 valence electrons. The summed E-state index contributed by atoms with van der Waals surface area (Å²) in [4.78, 5) is 83.5. The van der Waals surface area contributed by atoms with Crippen LogP contribution < -0.4 is 36.6 Å². The average Bonchev–Trinajstić information content (AvgIpc) is 2.10. The van der Waals surface area contributed by atoms with Gasteiger partial charge in [-0.05, 0) is 110 Å². The number of hydrogen-bond acceptors (Lipinski definition) is 17. The molecule has 1 saturated heterocycles. The Kier molecular flexibility index (Phi) is 21.8. The number of aryl methyl sites for hydroxylation is 1. The van der Waals surface area contributed by atoms with Crippen LogP contribution in [0.1, 0.15) is 121 Å². The molecular formula is C64H82FN13O10. The third-order valence-corrected chi connectivity index (χ3v) is 16.6. The number of nitrogens with two attached hydrogens (primary N) is 1. The first-order valence-corrected chi connectivity index (χ1v) is 30.4. The van der Waals surface area contributed by atoms with Gasteiger partial charge in [-0.2, -0.15) is 10.4 Å². The smallest absolute Gasteiger partial charge is 0.254 e. The minimum absolute atomic E-state index is 0.00834. The van der Waals surface area contributed by atoms with Gasteiger partial charge >= 0.3 is 0 Å². The molecule has 88 heavy (non-hydrogen) atoms. The van der Waals surface area contributed by atoms with Crippen molar-refractivity contribution in [2.24, 2.45) is 5.41 Å². The van der Waals surface area contributed by atoms with Crippen LogP contribution in [0.15, 0.2) is 66.9 Å². The molecule has 1 fully saturated rings. The molecule has 0 radical (unpaired) electrons. The van der Waals surface area contributed by atoms with Crippen LogP contribution in [0.4, 0.5) is 16.0 Å². The SMILES string of the molecule is CN[C@@H](C)C(=O)N[C@H](C(=O)N1Cc2cc(OCCOCCOCCOCCOCCC(=O)NCCn3nc4c(c3C#N)-c3cnc(N)c(n3)N3CCC[C@@H]3c3cc(F)ccc3C(=O)N(C)C4)ccc2C[C@H]1C(=O)N[C@@H]1CCCc2ccccc21)C(C)(C)C. The van der Waals surface area contributed by atoms with Gasteiger partial charge in [0.25, 0.3) is 5.91 Å². The number of carbonyl (C=O) groups is 5. The molecule has 0 saturated carbocycles. The maximum Gasteiger partial charge on any atom is 0.254 e. The number of anilines is 2. The van der Waals surface area contributed by atoms with Crippen molar-refractivity contribution in [1.82, 2.24) is 50.8 Å². The van der Waals surface area contributed by atoms with Gasteiger partial charge in [0.05, 0.1) is 107 Å². The quantitative estimate of drug-likeness (QED) is 0.0475. The Morgan fingerprint density at radius 2 is 1.60 bits per heavy atom. The maximum atomic E-state index is 14.7. The molecule has 6 N–H and O–H groups in total. The first kappa shape index (κ1) is 64.4. The Morgan fingerprint density at radius 1 is 0.875 bits per heavy atom. The Balaban J connectivity index is 0.666. The number of nitriles is 1. The number of nitrogen functional groups attached to an aromatic ring is 1. The van der Waals surface area contributed by atoms with Crippen LogP contribution in [0.5, 0.6) is 5.75 Å². The van der Waals surface area contributed by atoms with Crippen LogP contribution in [0.3, 0.4) is 0 Å². The van der Waals surface area contributed by atoms with E-state index in [1.165, 1.54) is 39.5 Å². The van der Waals surface area contributed by atoms with E-state index in [0.29, 0.717) is 98.7 Å². The van der Waals surface area contributed by atoms with Crippen molar-refractivity contribution in [2.75, 3.05) is 97.3 Å². The molecule has 5 heterocycles. The lowest BCUT2D eigenvalue weighted by Gasteiger charge is -2.41. The number of nitrogens with one attached hydrogen (secondary N) is 4. The number of rotatable bonds is 25. The predicted octanol–water partition coefficient (Wildman–Crippen LogP) is 5.10. The van der Waals surface area contributed by atoms with Gasteiger partial charge in [0.15, 0.2) is 11.6 Å². The topological polar surface area (TPSA) is 283 Å². The van der Waals surface area contributed by atoms with E-state index < -0.39 is 29.4 Å². The second-order valence-corrected chi connectivity index (χ2v) is 23.7. The summed E-state index contributed by atoms with van der Waals surface area (Å²) in [6.45, 7) is 11.2. The largest absolute Gasteiger partial charge is 0.491 e. The standard InChI is InChI=1S/C64H82FN13O10/c1-40(68-5)60(80)73-57(64(2,3)4)63(83)77-38-43-33-45(18-16-42(43)34-53(77)61(81)72-49-14-9-12-41-11-7-8-13-46(41)49)88-32-31-87-30-29-86-28-27-85-26-25-84-24-20-55(79)69-21-23-78-54(36-66)56-50-37-70-58(67)59(71-50)76-22-10-15-52(76)48-35-44(65)17-19-47(48)62(82)75(6)39-51(56)74-78/h7-8,11,13,16-19,33,35,37,40,49,52-53,57,68H,9-10,12,14-15,20-32,34,38-39H2,1-6H3,(H2,67,70)(H,69,79)(H,72,81)(H,73,80)/t40-,49+,52+,53-,57+/m0/s1. The molecule has 2 bridgehead atoms. The number of likely N-dealkylation sites (N-methyl/N-ethyl adjacent to an activating group) is 1. The van der Waals surface area contributed by atoms with Crippen LogP contribution in [0.2, 0.25) is 0 Å². The van der Waals surface area contributed by atoms with E-state index in [2.05, 4.69) is 44.5 Å². The van der Waals surface area contributed by atoms with E-state index in [1.54, 1.807) is 25.9 Å². The van der Waals surface area contributed by atoms with Gasteiger partial charge < -0.3 is 65.4 Å². The Hall–Kier alpha value is -8.08. The molecule has 3 aromatic carbocycles. The fourth-order valence-electron chi connectivity index (χ4n) is 11.8. The second-order valence-electron chi connectivity index (χ2n) is 23.7. The Morgan fingerprint density at radius 3 is 2.33 bits per heavy atom. The summed E-state index contributed by atoms with van der Waals surface area (Å²) in [5, 5.41) is 27.3.